The third-order valence-corrected chi connectivity index (χ3v) is 3.78. The van der Waals surface area contributed by atoms with Crippen molar-refractivity contribution in [3.63, 3.8) is 0 Å². The van der Waals surface area contributed by atoms with Crippen LogP contribution in [0.15, 0.2) is 43.0 Å². The highest BCUT2D eigenvalue weighted by molar-refractivity contribution is 7.18. The highest BCUT2D eigenvalue weighted by Gasteiger charge is 2.13. The predicted octanol–water partition coefficient (Wildman–Crippen LogP) is 2.59. The van der Waals surface area contributed by atoms with Crippen molar-refractivity contribution in [2.45, 2.75) is 6.54 Å². The van der Waals surface area contributed by atoms with Crippen molar-refractivity contribution in [3.8, 4) is 0 Å². The van der Waals surface area contributed by atoms with E-state index in [1.165, 1.54) is 10.9 Å². The lowest BCUT2D eigenvalue weighted by atomic mass is 10.3. The second-order valence-electron chi connectivity index (χ2n) is 4.18. The number of hydrogen-bond acceptors (Lipinski definition) is 4. The summed E-state index contributed by atoms with van der Waals surface area (Å²) in [4.78, 5) is 22.1. The number of para-hydroxylation sites is 1. The van der Waals surface area contributed by atoms with Crippen molar-refractivity contribution in [2.75, 3.05) is 7.05 Å². The van der Waals surface area contributed by atoms with Gasteiger partial charge in [-0.1, -0.05) is 12.1 Å². The number of thiazole rings is 1. The molecule has 3 aromatic rings. The minimum atomic E-state index is -0.114. The van der Waals surface area contributed by atoms with Crippen LogP contribution in [0, 0.1) is 0 Å². The molecule has 0 unspecified atom stereocenters. The van der Waals surface area contributed by atoms with Gasteiger partial charge in [0, 0.05) is 19.4 Å². The van der Waals surface area contributed by atoms with Gasteiger partial charge in [0.25, 0.3) is 0 Å². The van der Waals surface area contributed by atoms with E-state index in [2.05, 4.69) is 9.97 Å². The summed E-state index contributed by atoms with van der Waals surface area (Å²) in [6, 6.07) is 7.86. The van der Waals surface area contributed by atoms with Crippen LogP contribution in [0.4, 0.5) is 4.79 Å². The Hall–Kier alpha value is -2.21. The zero-order valence-electron chi connectivity index (χ0n) is 10.4. The molecule has 2 aromatic heterocycles. The molecule has 0 fully saturated rings. The molecule has 2 heterocycles. The van der Waals surface area contributed by atoms with Crippen LogP contribution in [0.5, 0.6) is 0 Å². The molecule has 0 aliphatic heterocycles. The first kappa shape index (κ1) is 11.9. The average Bonchev–Trinajstić information content (AvgIpc) is 3.06. The molecule has 0 spiro atoms. The van der Waals surface area contributed by atoms with E-state index in [-0.39, 0.29) is 6.03 Å². The molecule has 0 atom stereocenters. The third-order valence-electron chi connectivity index (χ3n) is 2.76. The van der Waals surface area contributed by atoms with Gasteiger partial charge in [-0.05, 0) is 12.1 Å². The van der Waals surface area contributed by atoms with Crippen LogP contribution in [0.3, 0.4) is 0 Å². The number of imidazole rings is 1. The predicted molar refractivity (Wildman–Crippen MR) is 74.1 cm³/mol. The molecule has 0 saturated carbocycles. The van der Waals surface area contributed by atoms with Crippen molar-refractivity contribution in [2.24, 2.45) is 0 Å². The van der Waals surface area contributed by atoms with E-state index in [1.54, 1.807) is 35.7 Å². The van der Waals surface area contributed by atoms with Crippen LogP contribution in [-0.4, -0.2) is 32.5 Å². The molecule has 96 valence electrons. The largest absolute Gasteiger partial charge is 0.329 e. The standard InChI is InChI=1S/C13H12N4OS/c1-16(13(18)17-7-6-14-9-17)8-12-15-10-4-2-3-5-11(10)19-12/h2-7,9H,8H2,1H3. The van der Waals surface area contributed by atoms with Crippen LogP contribution < -0.4 is 0 Å². The normalized spacial score (nSPS) is 10.8. The third kappa shape index (κ3) is 2.34. The van der Waals surface area contributed by atoms with Crippen LogP contribution in [0.1, 0.15) is 5.01 Å². The van der Waals surface area contributed by atoms with E-state index in [9.17, 15) is 4.79 Å². The molecule has 19 heavy (non-hydrogen) atoms. The number of fused-ring (bicyclic) bond motifs is 1. The number of benzene rings is 1. The highest BCUT2D eigenvalue weighted by Crippen LogP contribution is 2.22. The maximum absolute atomic E-state index is 12.1. The zero-order valence-corrected chi connectivity index (χ0v) is 11.2. The smallest absolute Gasteiger partial charge is 0.320 e. The summed E-state index contributed by atoms with van der Waals surface area (Å²) in [7, 11) is 1.76. The van der Waals surface area contributed by atoms with Crippen LogP contribution in [0.25, 0.3) is 10.2 Å². The number of carbonyl (C=O) groups is 1. The van der Waals surface area contributed by atoms with Crippen molar-refractivity contribution in [1.29, 1.82) is 0 Å². The van der Waals surface area contributed by atoms with Crippen LogP contribution in [0.2, 0.25) is 0 Å². The quantitative estimate of drug-likeness (QED) is 0.720. The van der Waals surface area contributed by atoms with Gasteiger partial charge in [-0.3, -0.25) is 4.57 Å². The Morgan fingerprint density at radius 3 is 3.00 bits per heavy atom. The van der Waals surface area contributed by atoms with E-state index in [1.807, 2.05) is 24.3 Å². The number of rotatable bonds is 2. The van der Waals surface area contributed by atoms with Gasteiger partial charge in [0.1, 0.15) is 11.3 Å². The molecule has 3 rings (SSSR count). The minimum Gasteiger partial charge on any atom is -0.320 e. The van der Waals surface area contributed by atoms with E-state index in [0.717, 1.165) is 15.2 Å². The molecule has 5 nitrogen and oxygen atoms in total. The van der Waals surface area contributed by atoms with Gasteiger partial charge < -0.3 is 4.90 Å². The summed E-state index contributed by atoms with van der Waals surface area (Å²) in [5.41, 5.74) is 0.978. The van der Waals surface area contributed by atoms with E-state index < -0.39 is 0 Å². The molecule has 0 saturated heterocycles. The Morgan fingerprint density at radius 1 is 1.42 bits per heavy atom. The molecule has 0 bridgehead atoms. The molecule has 0 aliphatic carbocycles. The van der Waals surface area contributed by atoms with Crippen molar-refractivity contribution >= 4 is 27.6 Å². The fraction of sp³-hybridized carbons (Fsp3) is 0.154. The summed E-state index contributed by atoms with van der Waals surface area (Å²) in [5.74, 6) is 0. The monoisotopic (exact) mass is 272 g/mol. The fourth-order valence-corrected chi connectivity index (χ4v) is 2.85. The maximum Gasteiger partial charge on any atom is 0.329 e. The van der Waals surface area contributed by atoms with Gasteiger partial charge >= 0.3 is 6.03 Å². The first-order chi connectivity index (χ1) is 9.24. The molecule has 6 heteroatoms. The van der Waals surface area contributed by atoms with Crippen molar-refractivity contribution < 1.29 is 4.79 Å². The van der Waals surface area contributed by atoms with E-state index in [0.29, 0.717) is 6.54 Å². The molecule has 1 amide bonds. The number of hydrogen-bond donors (Lipinski definition) is 0. The van der Waals surface area contributed by atoms with E-state index >= 15 is 0 Å². The Kier molecular flexibility index (Phi) is 3.00. The second-order valence-corrected chi connectivity index (χ2v) is 5.30. The Morgan fingerprint density at radius 2 is 2.26 bits per heavy atom. The Balaban J connectivity index is 1.79. The first-order valence-electron chi connectivity index (χ1n) is 5.82. The lowest BCUT2D eigenvalue weighted by molar-refractivity contribution is 0.208. The summed E-state index contributed by atoms with van der Waals surface area (Å²) in [6.07, 6.45) is 4.72. The average molecular weight is 272 g/mol. The fourth-order valence-electron chi connectivity index (χ4n) is 1.83. The topological polar surface area (TPSA) is 51.0 Å². The van der Waals surface area contributed by atoms with Gasteiger partial charge in [0.15, 0.2) is 0 Å². The first-order valence-corrected chi connectivity index (χ1v) is 6.63. The summed E-state index contributed by atoms with van der Waals surface area (Å²) in [5, 5.41) is 0.928. The zero-order chi connectivity index (χ0) is 13.2. The second kappa shape index (κ2) is 4.81. The van der Waals surface area contributed by atoms with Gasteiger partial charge in [0.05, 0.1) is 16.8 Å². The Bertz CT molecular complexity index is 671. The number of amides is 1. The van der Waals surface area contributed by atoms with E-state index in [4.69, 9.17) is 0 Å². The minimum absolute atomic E-state index is 0.114. The molecular formula is C13H12N4OS. The Labute approximate surface area is 114 Å². The summed E-state index contributed by atoms with van der Waals surface area (Å²) >= 11 is 1.61. The molecule has 0 aliphatic rings. The number of nitrogens with zero attached hydrogens (tertiary/aromatic N) is 4. The lowest BCUT2D eigenvalue weighted by Crippen LogP contribution is -2.29. The molecule has 0 N–H and O–H groups in total. The van der Waals surface area contributed by atoms with Crippen LogP contribution >= 0.6 is 11.3 Å². The van der Waals surface area contributed by atoms with Gasteiger partial charge in [0.2, 0.25) is 0 Å². The van der Waals surface area contributed by atoms with Crippen LogP contribution in [-0.2, 0) is 6.54 Å². The maximum atomic E-state index is 12.1. The summed E-state index contributed by atoms with van der Waals surface area (Å²) < 4.78 is 2.59. The van der Waals surface area contributed by atoms with Gasteiger partial charge in [-0.25, -0.2) is 14.8 Å². The SMILES string of the molecule is CN(Cc1nc2ccccc2s1)C(=O)n1ccnc1. The van der Waals surface area contributed by atoms with Gasteiger partial charge in [-0.2, -0.15) is 0 Å². The molecular weight excluding hydrogens is 260 g/mol. The number of aromatic nitrogens is 3. The highest BCUT2D eigenvalue weighted by atomic mass is 32.1. The van der Waals surface area contributed by atoms with Crippen molar-refractivity contribution in [1.82, 2.24) is 19.4 Å². The van der Waals surface area contributed by atoms with Crippen molar-refractivity contribution in [3.05, 3.63) is 48.0 Å². The van der Waals surface area contributed by atoms with Gasteiger partial charge in [-0.15, -0.1) is 11.3 Å². The lowest BCUT2D eigenvalue weighted by Gasteiger charge is -2.15. The summed E-state index contributed by atoms with van der Waals surface area (Å²) in [6.45, 7) is 0.496. The molecule has 1 aromatic carbocycles. The number of carbonyl (C=O) groups excluding carboxylic acids is 1. The molecule has 0 radical (unpaired) electrons.